The molecule has 94 valence electrons. The predicted molar refractivity (Wildman–Crippen MR) is 69.6 cm³/mol. The van der Waals surface area contributed by atoms with Gasteiger partial charge in [-0.2, -0.15) is 0 Å². The Kier molecular flexibility index (Phi) is 3.62. The van der Waals surface area contributed by atoms with E-state index in [1.54, 1.807) is 6.07 Å². The first kappa shape index (κ1) is 12.2. The zero-order chi connectivity index (χ0) is 13.0. The third kappa shape index (κ3) is 2.68. The molecule has 0 aliphatic heterocycles. The molecule has 0 saturated carbocycles. The summed E-state index contributed by atoms with van der Waals surface area (Å²) >= 11 is 0. The normalized spacial score (nSPS) is 10.3. The van der Waals surface area contributed by atoms with Crippen molar-refractivity contribution in [3.63, 3.8) is 0 Å². The molecule has 0 unspecified atom stereocenters. The molecule has 0 fully saturated rings. The van der Waals surface area contributed by atoms with E-state index in [2.05, 4.69) is 5.10 Å². The smallest absolute Gasteiger partial charge is 0.266 e. The van der Waals surface area contributed by atoms with Gasteiger partial charge in [0.15, 0.2) is 0 Å². The molecule has 5 heteroatoms. The Bertz CT molecular complexity index is 593. The average Bonchev–Trinajstić information content (AvgIpc) is 2.39. The molecule has 1 aromatic heterocycles. The SMILES string of the molecule is COc1ccc(=O)n(CCc2ccccc2N)n1. The maximum Gasteiger partial charge on any atom is 0.266 e. The second-order valence-corrected chi connectivity index (χ2v) is 3.89. The van der Waals surface area contributed by atoms with Gasteiger partial charge in [-0.05, 0) is 18.1 Å². The lowest BCUT2D eigenvalue weighted by Crippen LogP contribution is -2.23. The van der Waals surface area contributed by atoms with E-state index in [1.165, 1.54) is 17.9 Å². The molecule has 0 amide bonds. The average molecular weight is 245 g/mol. The summed E-state index contributed by atoms with van der Waals surface area (Å²) < 4.78 is 6.37. The van der Waals surface area contributed by atoms with E-state index in [1.807, 2.05) is 24.3 Å². The fourth-order valence-electron chi connectivity index (χ4n) is 1.69. The van der Waals surface area contributed by atoms with Crippen molar-refractivity contribution in [3.8, 4) is 5.88 Å². The molecule has 2 aromatic rings. The van der Waals surface area contributed by atoms with E-state index in [0.29, 0.717) is 18.8 Å². The molecule has 0 aliphatic carbocycles. The van der Waals surface area contributed by atoms with Crippen LogP contribution in [0.1, 0.15) is 5.56 Å². The molecule has 0 aliphatic rings. The van der Waals surface area contributed by atoms with Gasteiger partial charge in [0.1, 0.15) is 0 Å². The second-order valence-electron chi connectivity index (χ2n) is 3.89. The van der Waals surface area contributed by atoms with Gasteiger partial charge in [-0.3, -0.25) is 4.79 Å². The number of nitrogens with zero attached hydrogens (tertiary/aromatic N) is 2. The molecule has 2 N–H and O–H groups in total. The molecule has 1 heterocycles. The van der Waals surface area contributed by atoms with Crippen LogP contribution in [0.3, 0.4) is 0 Å². The first-order chi connectivity index (χ1) is 8.70. The van der Waals surface area contributed by atoms with Crippen molar-refractivity contribution in [2.75, 3.05) is 12.8 Å². The summed E-state index contributed by atoms with van der Waals surface area (Å²) in [6.45, 7) is 0.476. The van der Waals surface area contributed by atoms with Crippen molar-refractivity contribution in [2.24, 2.45) is 0 Å². The van der Waals surface area contributed by atoms with Crippen molar-refractivity contribution < 1.29 is 4.74 Å². The van der Waals surface area contributed by atoms with Gasteiger partial charge in [-0.25, -0.2) is 4.68 Å². The highest BCUT2D eigenvalue weighted by molar-refractivity contribution is 5.46. The largest absolute Gasteiger partial charge is 0.480 e. The van der Waals surface area contributed by atoms with E-state index in [9.17, 15) is 4.79 Å². The molecule has 2 rings (SSSR count). The summed E-state index contributed by atoms with van der Waals surface area (Å²) in [6, 6.07) is 10.6. The van der Waals surface area contributed by atoms with E-state index < -0.39 is 0 Å². The van der Waals surface area contributed by atoms with Gasteiger partial charge in [0.05, 0.1) is 7.11 Å². The van der Waals surface area contributed by atoms with Crippen LogP contribution in [0.15, 0.2) is 41.2 Å². The summed E-state index contributed by atoms with van der Waals surface area (Å²) in [5.74, 6) is 0.427. The number of ether oxygens (including phenoxy) is 1. The van der Waals surface area contributed by atoms with Crippen LogP contribution < -0.4 is 16.0 Å². The van der Waals surface area contributed by atoms with Gasteiger partial charge < -0.3 is 10.5 Å². The zero-order valence-electron chi connectivity index (χ0n) is 10.2. The van der Waals surface area contributed by atoms with E-state index in [0.717, 1.165) is 11.3 Å². The number of nitrogen functional groups attached to an aromatic ring is 1. The number of nitrogens with two attached hydrogens (primary N) is 1. The third-order valence-corrected chi connectivity index (χ3v) is 2.70. The number of para-hydroxylation sites is 1. The van der Waals surface area contributed by atoms with Crippen LogP contribution in [-0.4, -0.2) is 16.9 Å². The fourth-order valence-corrected chi connectivity index (χ4v) is 1.69. The molecule has 0 atom stereocenters. The Morgan fingerprint density at radius 3 is 2.78 bits per heavy atom. The van der Waals surface area contributed by atoms with Crippen LogP contribution in [0.5, 0.6) is 5.88 Å². The minimum absolute atomic E-state index is 0.148. The molecule has 5 nitrogen and oxygen atoms in total. The van der Waals surface area contributed by atoms with Crippen molar-refractivity contribution in [1.82, 2.24) is 9.78 Å². The van der Waals surface area contributed by atoms with E-state index in [-0.39, 0.29) is 5.56 Å². The van der Waals surface area contributed by atoms with Crippen LogP contribution in [0.2, 0.25) is 0 Å². The lowest BCUT2D eigenvalue weighted by molar-refractivity contribution is 0.375. The summed E-state index contributed by atoms with van der Waals surface area (Å²) in [7, 11) is 1.52. The zero-order valence-corrected chi connectivity index (χ0v) is 10.2. The molecule has 0 radical (unpaired) electrons. The van der Waals surface area contributed by atoms with Crippen molar-refractivity contribution in [2.45, 2.75) is 13.0 Å². The Morgan fingerprint density at radius 1 is 1.28 bits per heavy atom. The van der Waals surface area contributed by atoms with Gasteiger partial charge in [0, 0.05) is 24.4 Å². The number of hydrogen-bond donors (Lipinski definition) is 1. The number of benzene rings is 1. The molecule has 0 spiro atoms. The van der Waals surface area contributed by atoms with Crippen molar-refractivity contribution >= 4 is 5.69 Å². The standard InChI is InChI=1S/C13H15N3O2/c1-18-12-6-7-13(17)16(15-12)9-8-10-4-2-3-5-11(10)14/h2-7H,8-9,14H2,1H3. The highest BCUT2D eigenvalue weighted by atomic mass is 16.5. The lowest BCUT2D eigenvalue weighted by atomic mass is 10.1. The van der Waals surface area contributed by atoms with Gasteiger partial charge in [-0.1, -0.05) is 18.2 Å². The fraction of sp³-hybridized carbons (Fsp3) is 0.231. The van der Waals surface area contributed by atoms with E-state index in [4.69, 9.17) is 10.5 Å². The Labute approximate surface area is 105 Å². The summed E-state index contributed by atoms with van der Waals surface area (Å²) in [4.78, 5) is 11.6. The lowest BCUT2D eigenvalue weighted by Gasteiger charge is -2.07. The number of aromatic nitrogens is 2. The monoisotopic (exact) mass is 245 g/mol. The molecular weight excluding hydrogens is 230 g/mol. The molecular formula is C13H15N3O2. The third-order valence-electron chi connectivity index (χ3n) is 2.70. The molecule has 0 bridgehead atoms. The summed E-state index contributed by atoms with van der Waals surface area (Å²) in [6.07, 6.45) is 0.659. The van der Waals surface area contributed by atoms with Crippen LogP contribution in [0.4, 0.5) is 5.69 Å². The van der Waals surface area contributed by atoms with Crippen LogP contribution >= 0.6 is 0 Å². The quantitative estimate of drug-likeness (QED) is 0.818. The van der Waals surface area contributed by atoms with Gasteiger partial charge in [0.25, 0.3) is 5.56 Å². The Hall–Kier alpha value is -2.30. The Balaban J connectivity index is 2.15. The highest BCUT2D eigenvalue weighted by Gasteiger charge is 2.03. The Morgan fingerprint density at radius 2 is 2.06 bits per heavy atom. The highest BCUT2D eigenvalue weighted by Crippen LogP contribution is 2.11. The van der Waals surface area contributed by atoms with Gasteiger partial charge in [0.2, 0.25) is 5.88 Å². The first-order valence-corrected chi connectivity index (χ1v) is 5.66. The summed E-state index contributed by atoms with van der Waals surface area (Å²) in [5.41, 5.74) is 7.44. The van der Waals surface area contributed by atoms with E-state index >= 15 is 0 Å². The minimum atomic E-state index is -0.148. The molecule has 1 aromatic carbocycles. The van der Waals surface area contributed by atoms with Crippen LogP contribution in [0.25, 0.3) is 0 Å². The van der Waals surface area contributed by atoms with Crippen LogP contribution in [-0.2, 0) is 13.0 Å². The number of methoxy groups -OCH3 is 1. The van der Waals surface area contributed by atoms with Gasteiger partial charge in [-0.15, -0.1) is 5.10 Å². The molecule has 0 saturated heterocycles. The number of rotatable bonds is 4. The second kappa shape index (κ2) is 5.35. The minimum Gasteiger partial charge on any atom is -0.480 e. The van der Waals surface area contributed by atoms with Crippen molar-refractivity contribution in [1.29, 1.82) is 0 Å². The molecule has 18 heavy (non-hydrogen) atoms. The number of hydrogen-bond acceptors (Lipinski definition) is 4. The number of aryl methyl sites for hydroxylation is 2. The maximum atomic E-state index is 11.6. The topological polar surface area (TPSA) is 70.1 Å². The van der Waals surface area contributed by atoms with Crippen molar-refractivity contribution in [3.05, 3.63) is 52.3 Å². The number of anilines is 1. The maximum absolute atomic E-state index is 11.6. The first-order valence-electron chi connectivity index (χ1n) is 5.66. The predicted octanol–water partition coefficient (Wildman–Crippen LogP) is 1.08. The van der Waals surface area contributed by atoms with Crippen LogP contribution in [0, 0.1) is 0 Å². The van der Waals surface area contributed by atoms with Gasteiger partial charge >= 0.3 is 0 Å². The summed E-state index contributed by atoms with van der Waals surface area (Å²) in [5, 5.41) is 4.08.